The van der Waals surface area contributed by atoms with Crippen molar-refractivity contribution in [3.63, 3.8) is 0 Å². The number of carbonyl (C=O) groups is 1. The standard InChI is InChI=1S/C25H20ClNO5/c1-29-22-13-18(14-23(30-2)24(22)31-3)25(28)32-21-10-4-16(5-11-21)12-19(15-27)17-6-8-20(26)9-7-17/h4-14H,1-3H3/b19-12-. The summed E-state index contributed by atoms with van der Waals surface area (Å²) >= 11 is 5.91. The van der Waals surface area contributed by atoms with E-state index >= 15 is 0 Å². The van der Waals surface area contributed by atoms with Gasteiger partial charge in [0.1, 0.15) is 5.75 Å². The normalized spacial score (nSPS) is 10.8. The minimum Gasteiger partial charge on any atom is -0.493 e. The number of rotatable bonds is 7. The molecule has 0 radical (unpaired) electrons. The molecule has 3 aromatic rings. The summed E-state index contributed by atoms with van der Waals surface area (Å²) in [5, 5.41) is 10.1. The minimum atomic E-state index is -0.577. The molecule has 0 N–H and O–H groups in total. The summed E-state index contributed by atoms with van der Waals surface area (Å²) in [6.07, 6.45) is 1.74. The first-order chi connectivity index (χ1) is 15.5. The molecule has 0 heterocycles. The van der Waals surface area contributed by atoms with Crippen molar-refractivity contribution in [1.29, 1.82) is 5.26 Å². The van der Waals surface area contributed by atoms with Crippen molar-refractivity contribution in [2.24, 2.45) is 0 Å². The van der Waals surface area contributed by atoms with Crippen LogP contribution in [0.4, 0.5) is 0 Å². The molecule has 0 amide bonds. The van der Waals surface area contributed by atoms with E-state index in [0.717, 1.165) is 11.1 Å². The summed E-state index contributed by atoms with van der Waals surface area (Å²) in [5.41, 5.74) is 2.28. The lowest BCUT2D eigenvalue weighted by Crippen LogP contribution is -2.09. The van der Waals surface area contributed by atoms with Gasteiger partial charge in [0.15, 0.2) is 11.5 Å². The second-order valence-corrected chi connectivity index (χ2v) is 6.99. The Bertz CT molecular complexity index is 1150. The van der Waals surface area contributed by atoms with Crippen LogP contribution in [-0.4, -0.2) is 27.3 Å². The molecule has 0 aliphatic carbocycles. The average Bonchev–Trinajstić information content (AvgIpc) is 2.83. The van der Waals surface area contributed by atoms with Crippen molar-refractivity contribution in [2.45, 2.75) is 0 Å². The van der Waals surface area contributed by atoms with Gasteiger partial charge < -0.3 is 18.9 Å². The van der Waals surface area contributed by atoms with Crippen molar-refractivity contribution in [1.82, 2.24) is 0 Å². The number of nitriles is 1. The third-order valence-corrected chi connectivity index (χ3v) is 4.83. The molecule has 0 aliphatic rings. The number of benzene rings is 3. The van der Waals surface area contributed by atoms with Crippen LogP contribution in [0, 0.1) is 11.3 Å². The predicted molar refractivity (Wildman–Crippen MR) is 122 cm³/mol. The Hall–Kier alpha value is -3.95. The fraction of sp³-hybridized carbons (Fsp3) is 0.120. The summed E-state index contributed by atoms with van der Waals surface area (Å²) in [6.45, 7) is 0. The van der Waals surface area contributed by atoms with Gasteiger partial charge in [0.05, 0.1) is 38.5 Å². The van der Waals surface area contributed by atoms with Crippen LogP contribution in [0.2, 0.25) is 5.02 Å². The monoisotopic (exact) mass is 449 g/mol. The Kier molecular flexibility index (Phi) is 7.37. The number of methoxy groups -OCH3 is 3. The van der Waals surface area contributed by atoms with E-state index in [0.29, 0.717) is 33.6 Å². The number of hydrogen-bond donors (Lipinski definition) is 0. The van der Waals surface area contributed by atoms with Gasteiger partial charge in [-0.1, -0.05) is 35.9 Å². The molecule has 162 valence electrons. The van der Waals surface area contributed by atoms with E-state index in [1.165, 1.54) is 33.5 Å². The molecule has 0 saturated heterocycles. The summed E-state index contributed by atoms with van der Waals surface area (Å²) in [6, 6.07) is 19.1. The highest BCUT2D eigenvalue weighted by atomic mass is 35.5. The summed E-state index contributed by atoms with van der Waals surface area (Å²) in [7, 11) is 4.43. The maximum atomic E-state index is 12.6. The third-order valence-electron chi connectivity index (χ3n) is 4.58. The molecule has 0 aromatic heterocycles. The zero-order chi connectivity index (χ0) is 23.1. The molecule has 0 spiro atoms. The second-order valence-electron chi connectivity index (χ2n) is 6.55. The van der Waals surface area contributed by atoms with Gasteiger partial charge in [0.25, 0.3) is 0 Å². The lowest BCUT2D eigenvalue weighted by molar-refractivity contribution is 0.0734. The number of carbonyl (C=O) groups excluding carboxylic acids is 1. The van der Waals surface area contributed by atoms with E-state index in [9.17, 15) is 10.1 Å². The van der Waals surface area contributed by atoms with Crippen LogP contribution >= 0.6 is 11.6 Å². The molecule has 3 aromatic carbocycles. The molecular formula is C25H20ClNO5. The lowest BCUT2D eigenvalue weighted by atomic mass is 10.0. The Labute approximate surface area is 191 Å². The van der Waals surface area contributed by atoms with Crippen molar-refractivity contribution < 1.29 is 23.7 Å². The second kappa shape index (κ2) is 10.4. The Morgan fingerprint density at radius 2 is 1.47 bits per heavy atom. The summed E-state index contributed by atoms with van der Waals surface area (Å²) in [5.74, 6) is 0.866. The summed E-state index contributed by atoms with van der Waals surface area (Å²) in [4.78, 5) is 12.6. The molecule has 0 aliphatic heterocycles. The molecule has 3 rings (SSSR count). The van der Waals surface area contributed by atoms with Gasteiger partial charge in [-0.25, -0.2) is 4.79 Å². The average molecular weight is 450 g/mol. The first kappa shape index (κ1) is 22.7. The molecule has 0 fully saturated rings. The third kappa shape index (κ3) is 5.20. The molecule has 0 unspecified atom stereocenters. The van der Waals surface area contributed by atoms with E-state index in [1.54, 1.807) is 54.6 Å². The van der Waals surface area contributed by atoms with Crippen LogP contribution in [0.3, 0.4) is 0 Å². The van der Waals surface area contributed by atoms with Crippen LogP contribution in [-0.2, 0) is 0 Å². The Morgan fingerprint density at radius 1 is 0.875 bits per heavy atom. The van der Waals surface area contributed by atoms with Crippen LogP contribution in [0.1, 0.15) is 21.5 Å². The van der Waals surface area contributed by atoms with Crippen LogP contribution in [0.15, 0.2) is 60.7 Å². The highest BCUT2D eigenvalue weighted by molar-refractivity contribution is 6.30. The number of allylic oxidation sites excluding steroid dienone is 1. The maximum Gasteiger partial charge on any atom is 0.343 e. The number of esters is 1. The molecule has 6 nitrogen and oxygen atoms in total. The quantitative estimate of drug-likeness (QED) is 0.201. The van der Waals surface area contributed by atoms with E-state index < -0.39 is 5.97 Å². The van der Waals surface area contributed by atoms with Gasteiger partial charge in [-0.15, -0.1) is 0 Å². The predicted octanol–water partition coefficient (Wildman–Crippen LogP) is 5.65. The van der Waals surface area contributed by atoms with Gasteiger partial charge in [0.2, 0.25) is 5.75 Å². The fourth-order valence-corrected chi connectivity index (χ4v) is 3.10. The van der Waals surface area contributed by atoms with E-state index in [2.05, 4.69) is 6.07 Å². The first-order valence-corrected chi connectivity index (χ1v) is 9.86. The molecule has 0 bridgehead atoms. The van der Waals surface area contributed by atoms with Crippen molar-refractivity contribution >= 4 is 29.2 Å². The van der Waals surface area contributed by atoms with Crippen molar-refractivity contribution in [2.75, 3.05) is 21.3 Å². The molecule has 7 heteroatoms. The zero-order valence-corrected chi connectivity index (χ0v) is 18.5. The van der Waals surface area contributed by atoms with Gasteiger partial charge >= 0.3 is 5.97 Å². The smallest absolute Gasteiger partial charge is 0.343 e. The highest BCUT2D eigenvalue weighted by Gasteiger charge is 2.18. The van der Waals surface area contributed by atoms with Crippen LogP contribution in [0.25, 0.3) is 11.6 Å². The van der Waals surface area contributed by atoms with Crippen LogP contribution in [0.5, 0.6) is 23.0 Å². The maximum absolute atomic E-state index is 12.6. The lowest BCUT2D eigenvalue weighted by Gasteiger charge is -2.13. The number of nitrogens with zero attached hydrogens (tertiary/aromatic N) is 1. The topological polar surface area (TPSA) is 77.8 Å². The van der Waals surface area contributed by atoms with Crippen molar-refractivity contribution in [3.05, 3.63) is 82.4 Å². The number of halogens is 1. The Morgan fingerprint density at radius 3 is 1.97 bits per heavy atom. The van der Waals surface area contributed by atoms with E-state index in [1.807, 2.05) is 0 Å². The molecular weight excluding hydrogens is 430 g/mol. The van der Waals surface area contributed by atoms with Gasteiger partial charge in [-0.05, 0) is 53.6 Å². The Balaban J connectivity index is 1.79. The number of ether oxygens (including phenoxy) is 4. The SMILES string of the molecule is COc1cc(C(=O)Oc2ccc(/C=C(/C#N)c3ccc(Cl)cc3)cc2)cc(OC)c1OC. The fourth-order valence-electron chi connectivity index (χ4n) is 2.97. The molecule has 32 heavy (non-hydrogen) atoms. The largest absolute Gasteiger partial charge is 0.493 e. The van der Waals surface area contributed by atoms with Crippen LogP contribution < -0.4 is 18.9 Å². The van der Waals surface area contributed by atoms with E-state index in [-0.39, 0.29) is 5.56 Å². The summed E-state index contributed by atoms with van der Waals surface area (Å²) < 4.78 is 21.3. The van der Waals surface area contributed by atoms with E-state index in [4.69, 9.17) is 30.5 Å². The van der Waals surface area contributed by atoms with Gasteiger partial charge in [-0.3, -0.25) is 0 Å². The zero-order valence-electron chi connectivity index (χ0n) is 17.7. The first-order valence-electron chi connectivity index (χ1n) is 9.49. The van der Waals surface area contributed by atoms with Gasteiger partial charge in [-0.2, -0.15) is 5.26 Å². The minimum absolute atomic E-state index is 0.248. The van der Waals surface area contributed by atoms with Crippen molar-refractivity contribution in [3.8, 4) is 29.1 Å². The van der Waals surface area contributed by atoms with Gasteiger partial charge in [0, 0.05) is 5.02 Å². The highest BCUT2D eigenvalue weighted by Crippen LogP contribution is 2.38. The number of hydrogen-bond acceptors (Lipinski definition) is 6. The molecule has 0 saturated carbocycles. The molecule has 0 atom stereocenters.